The summed E-state index contributed by atoms with van der Waals surface area (Å²) in [5, 5.41) is 10.5. The van der Waals surface area contributed by atoms with Crippen LogP contribution in [0.2, 0.25) is 0 Å². The molecule has 1 atom stereocenters. The minimum absolute atomic E-state index is 0.279. The highest BCUT2D eigenvalue weighted by molar-refractivity contribution is 5.19. The van der Waals surface area contributed by atoms with Gasteiger partial charge in [-0.1, -0.05) is 25.0 Å². The number of aliphatic hydroxyl groups is 1. The molecule has 0 unspecified atom stereocenters. The van der Waals surface area contributed by atoms with E-state index >= 15 is 0 Å². The first-order valence-corrected chi connectivity index (χ1v) is 7.92. The van der Waals surface area contributed by atoms with Crippen LogP contribution in [0.15, 0.2) is 47.1 Å². The zero-order valence-electron chi connectivity index (χ0n) is 12.6. The summed E-state index contributed by atoms with van der Waals surface area (Å²) in [6, 6.07) is 10.4. The van der Waals surface area contributed by atoms with Gasteiger partial charge < -0.3 is 9.52 Å². The number of hydrogen-bond acceptors (Lipinski definition) is 3. The SMILES string of the molecule is O[C@H](CN(Cc1ccco1)C1CCCC1)c1ccc(F)cc1. The molecule has 0 saturated heterocycles. The maximum atomic E-state index is 13.0. The van der Waals surface area contributed by atoms with E-state index in [1.807, 2.05) is 12.1 Å². The van der Waals surface area contributed by atoms with E-state index in [1.165, 1.54) is 25.0 Å². The lowest BCUT2D eigenvalue weighted by molar-refractivity contribution is 0.0779. The summed E-state index contributed by atoms with van der Waals surface area (Å²) in [7, 11) is 0. The first kappa shape index (κ1) is 15.3. The summed E-state index contributed by atoms with van der Waals surface area (Å²) in [6.07, 6.45) is 5.88. The highest BCUT2D eigenvalue weighted by Gasteiger charge is 2.25. The second-order valence-electron chi connectivity index (χ2n) is 6.01. The van der Waals surface area contributed by atoms with Crippen molar-refractivity contribution >= 4 is 0 Å². The number of benzene rings is 1. The molecule has 3 nitrogen and oxygen atoms in total. The Hall–Kier alpha value is -1.65. The zero-order valence-corrected chi connectivity index (χ0v) is 12.6. The van der Waals surface area contributed by atoms with Gasteiger partial charge in [-0.25, -0.2) is 4.39 Å². The molecule has 22 heavy (non-hydrogen) atoms. The molecule has 118 valence electrons. The molecule has 0 aliphatic heterocycles. The van der Waals surface area contributed by atoms with E-state index in [9.17, 15) is 9.50 Å². The van der Waals surface area contributed by atoms with Crippen LogP contribution in [0.3, 0.4) is 0 Å². The van der Waals surface area contributed by atoms with Crippen LogP contribution in [-0.4, -0.2) is 22.6 Å². The van der Waals surface area contributed by atoms with Crippen LogP contribution in [0, 0.1) is 5.82 Å². The Kier molecular flexibility index (Phi) is 4.90. The van der Waals surface area contributed by atoms with E-state index < -0.39 is 6.10 Å². The molecule has 0 spiro atoms. The summed E-state index contributed by atoms with van der Waals surface area (Å²) in [4.78, 5) is 2.29. The van der Waals surface area contributed by atoms with Crippen molar-refractivity contribution < 1.29 is 13.9 Å². The summed E-state index contributed by atoms with van der Waals surface area (Å²) >= 11 is 0. The molecule has 1 aliphatic carbocycles. The molecule has 1 heterocycles. The molecule has 2 aromatic rings. The van der Waals surface area contributed by atoms with E-state index in [2.05, 4.69) is 4.90 Å². The molecule has 0 bridgehead atoms. The minimum atomic E-state index is -0.615. The molecular weight excluding hydrogens is 281 g/mol. The molecule has 1 saturated carbocycles. The van der Waals surface area contributed by atoms with Crippen LogP contribution in [0.5, 0.6) is 0 Å². The van der Waals surface area contributed by atoms with Crippen LogP contribution < -0.4 is 0 Å². The van der Waals surface area contributed by atoms with Gasteiger partial charge in [0.25, 0.3) is 0 Å². The van der Waals surface area contributed by atoms with Crippen molar-refractivity contribution in [2.24, 2.45) is 0 Å². The Labute approximate surface area is 130 Å². The fraction of sp³-hybridized carbons (Fsp3) is 0.444. The van der Waals surface area contributed by atoms with Crippen LogP contribution in [0.4, 0.5) is 4.39 Å². The second-order valence-corrected chi connectivity index (χ2v) is 6.01. The lowest BCUT2D eigenvalue weighted by Gasteiger charge is -2.30. The van der Waals surface area contributed by atoms with Gasteiger partial charge in [-0.3, -0.25) is 4.90 Å². The molecule has 1 fully saturated rings. The third-order valence-electron chi connectivity index (χ3n) is 4.44. The van der Waals surface area contributed by atoms with E-state index in [1.54, 1.807) is 18.4 Å². The molecule has 3 rings (SSSR count). The quantitative estimate of drug-likeness (QED) is 0.879. The molecule has 4 heteroatoms. The maximum absolute atomic E-state index is 13.0. The normalized spacial score (nSPS) is 17.2. The predicted octanol–water partition coefficient (Wildman–Crippen LogP) is 3.90. The number of rotatable bonds is 6. The molecule has 0 radical (unpaired) electrons. The van der Waals surface area contributed by atoms with Gasteiger partial charge in [0.2, 0.25) is 0 Å². The van der Waals surface area contributed by atoms with Crippen molar-refractivity contribution in [3.05, 3.63) is 59.8 Å². The van der Waals surface area contributed by atoms with Crippen LogP contribution in [0.1, 0.15) is 43.1 Å². The number of hydrogen-bond donors (Lipinski definition) is 1. The first-order valence-electron chi connectivity index (χ1n) is 7.92. The van der Waals surface area contributed by atoms with Crippen LogP contribution in [-0.2, 0) is 6.54 Å². The Morgan fingerprint density at radius 2 is 1.91 bits per heavy atom. The summed E-state index contributed by atoms with van der Waals surface area (Å²) in [5.41, 5.74) is 0.754. The van der Waals surface area contributed by atoms with Gasteiger partial charge in [0, 0.05) is 12.6 Å². The average molecular weight is 303 g/mol. The molecule has 1 aromatic heterocycles. The minimum Gasteiger partial charge on any atom is -0.468 e. The first-order chi connectivity index (χ1) is 10.7. The lowest BCUT2D eigenvalue weighted by atomic mass is 10.1. The van der Waals surface area contributed by atoms with E-state index in [-0.39, 0.29) is 5.82 Å². The molecule has 0 amide bonds. The van der Waals surface area contributed by atoms with Crippen LogP contribution >= 0.6 is 0 Å². The third-order valence-corrected chi connectivity index (χ3v) is 4.44. The van der Waals surface area contributed by atoms with Gasteiger partial charge in [-0.05, 0) is 42.7 Å². The Balaban J connectivity index is 1.69. The standard InChI is InChI=1S/C18H22FNO2/c19-15-9-7-14(8-10-15)18(21)13-20(16-4-1-2-5-16)12-17-6-3-11-22-17/h3,6-11,16,18,21H,1-2,4-5,12-13H2/t18-/m1/s1. The maximum Gasteiger partial charge on any atom is 0.123 e. The summed E-state index contributed by atoms with van der Waals surface area (Å²) in [6.45, 7) is 1.24. The Morgan fingerprint density at radius 1 is 1.18 bits per heavy atom. The van der Waals surface area contributed by atoms with Gasteiger partial charge >= 0.3 is 0 Å². The van der Waals surface area contributed by atoms with Gasteiger partial charge in [0.1, 0.15) is 11.6 Å². The number of furan rings is 1. The summed E-state index contributed by atoms with van der Waals surface area (Å²) < 4.78 is 18.5. The van der Waals surface area contributed by atoms with Gasteiger partial charge in [0.05, 0.1) is 18.9 Å². The number of nitrogens with zero attached hydrogens (tertiary/aromatic N) is 1. The van der Waals surface area contributed by atoms with Gasteiger partial charge in [-0.15, -0.1) is 0 Å². The average Bonchev–Trinajstić information content (AvgIpc) is 3.20. The Morgan fingerprint density at radius 3 is 2.55 bits per heavy atom. The molecule has 1 N–H and O–H groups in total. The zero-order chi connectivity index (χ0) is 15.4. The number of halogens is 1. The van der Waals surface area contributed by atoms with E-state index in [0.717, 1.165) is 24.2 Å². The smallest absolute Gasteiger partial charge is 0.123 e. The fourth-order valence-corrected chi connectivity index (χ4v) is 3.23. The predicted molar refractivity (Wildman–Crippen MR) is 82.7 cm³/mol. The van der Waals surface area contributed by atoms with Crippen molar-refractivity contribution in [3.63, 3.8) is 0 Å². The topological polar surface area (TPSA) is 36.6 Å². The van der Waals surface area contributed by atoms with Crippen molar-refractivity contribution in [2.75, 3.05) is 6.54 Å². The second kappa shape index (κ2) is 7.07. The third kappa shape index (κ3) is 3.76. The molecule has 1 aromatic carbocycles. The van der Waals surface area contributed by atoms with Crippen molar-refractivity contribution in [2.45, 2.75) is 44.4 Å². The monoisotopic (exact) mass is 303 g/mol. The van der Waals surface area contributed by atoms with Crippen molar-refractivity contribution in [1.29, 1.82) is 0 Å². The van der Waals surface area contributed by atoms with Crippen molar-refractivity contribution in [3.8, 4) is 0 Å². The van der Waals surface area contributed by atoms with E-state index in [0.29, 0.717) is 19.1 Å². The Bertz CT molecular complexity index is 561. The molecular formula is C18H22FNO2. The highest BCUT2D eigenvalue weighted by Crippen LogP contribution is 2.27. The largest absolute Gasteiger partial charge is 0.468 e. The fourth-order valence-electron chi connectivity index (χ4n) is 3.23. The van der Waals surface area contributed by atoms with Crippen LogP contribution in [0.25, 0.3) is 0 Å². The highest BCUT2D eigenvalue weighted by atomic mass is 19.1. The van der Waals surface area contributed by atoms with Gasteiger partial charge in [-0.2, -0.15) is 0 Å². The van der Waals surface area contributed by atoms with E-state index in [4.69, 9.17) is 4.42 Å². The lowest BCUT2D eigenvalue weighted by Crippen LogP contribution is -2.36. The summed E-state index contributed by atoms with van der Waals surface area (Å²) in [5.74, 6) is 0.636. The molecule has 1 aliphatic rings. The van der Waals surface area contributed by atoms with Gasteiger partial charge in [0.15, 0.2) is 0 Å². The van der Waals surface area contributed by atoms with Crippen molar-refractivity contribution in [1.82, 2.24) is 4.90 Å². The number of aliphatic hydroxyl groups excluding tert-OH is 1.